The van der Waals surface area contributed by atoms with Gasteiger partial charge in [-0.3, -0.25) is 4.90 Å². The van der Waals surface area contributed by atoms with Gasteiger partial charge in [-0.2, -0.15) is 0 Å². The van der Waals surface area contributed by atoms with E-state index in [0.29, 0.717) is 10.0 Å². The summed E-state index contributed by atoms with van der Waals surface area (Å²) in [5.74, 6) is 0.883. The molecule has 0 N–H and O–H groups in total. The van der Waals surface area contributed by atoms with E-state index in [2.05, 4.69) is 73.9 Å². The normalized spacial score (nSPS) is 14.5. The van der Waals surface area contributed by atoms with E-state index in [9.17, 15) is 0 Å². The number of rotatable bonds is 8. The molecule has 0 radical (unpaired) electrons. The Labute approximate surface area is 216 Å². The smallest absolute Gasteiger partial charge is 0.163 e. The van der Waals surface area contributed by atoms with Crippen LogP contribution in [0.5, 0.6) is 0 Å². The minimum Gasteiger partial charge on any atom is -0.369 e. The molecule has 1 aromatic heterocycles. The van der Waals surface area contributed by atoms with Gasteiger partial charge in [0.2, 0.25) is 0 Å². The molecule has 4 aromatic rings. The van der Waals surface area contributed by atoms with Gasteiger partial charge in [-0.1, -0.05) is 83.9 Å². The van der Waals surface area contributed by atoms with E-state index in [1.165, 1.54) is 11.1 Å². The maximum absolute atomic E-state index is 6.20. The Balaban J connectivity index is 1.20. The lowest BCUT2D eigenvalue weighted by Crippen LogP contribution is -2.46. The van der Waals surface area contributed by atoms with Crippen molar-refractivity contribution in [2.75, 3.05) is 37.6 Å². The monoisotopic (exact) mass is 506 g/mol. The fraction of sp³-hybridized carbons (Fsp3) is 0.296. The standard InChI is InChI=1S/C27H28Cl2N6/c28-24-13-12-23(20-25(24)29)34-18-16-33(17-19-34)14-7-15-35-27(30-31-32-35)26(21-8-3-1-4-9-21)22-10-5-2-6-11-22/h1-6,8-13,20,26H,7,14-19H2. The zero-order chi connectivity index (χ0) is 24.0. The molecule has 6 nitrogen and oxygen atoms in total. The van der Waals surface area contributed by atoms with Crippen LogP contribution in [0.2, 0.25) is 10.0 Å². The number of piperazine rings is 1. The van der Waals surface area contributed by atoms with Crippen LogP contribution in [-0.2, 0) is 6.54 Å². The molecule has 0 aliphatic carbocycles. The Kier molecular flexibility index (Phi) is 7.62. The van der Waals surface area contributed by atoms with Gasteiger partial charge < -0.3 is 4.90 Å². The molecule has 1 aliphatic heterocycles. The molecule has 0 amide bonds. The van der Waals surface area contributed by atoms with Crippen molar-refractivity contribution in [3.05, 3.63) is 106 Å². The van der Waals surface area contributed by atoms with Crippen molar-refractivity contribution in [3.8, 4) is 0 Å². The lowest BCUT2D eigenvalue weighted by molar-refractivity contribution is 0.248. The second kappa shape index (κ2) is 11.2. The molecule has 3 aromatic carbocycles. The molecule has 1 fully saturated rings. The van der Waals surface area contributed by atoms with E-state index >= 15 is 0 Å². The predicted octanol–water partition coefficient (Wildman–Crippen LogP) is 5.37. The molecule has 1 aliphatic rings. The van der Waals surface area contributed by atoms with E-state index in [4.69, 9.17) is 23.2 Å². The van der Waals surface area contributed by atoms with Crippen molar-refractivity contribution in [1.82, 2.24) is 25.1 Å². The summed E-state index contributed by atoms with van der Waals surface area (Å²) < 4.78 is 1.97. The number of hydrogen-bond donors (Lipinski definition) is 0. The molecule has 2 heterocycles. The van der Waals surface area contributed by atoms with Gasteiger partial charge in [0.25, 0.3) is 0 Å². The number of aryl methyl sites for hydroxylation is 1. The first-order valence-corrected chi connectivity index (χ1v) is 12.7. The van der Waals surface area contributed by atoms with E-state index in [-0.39, 0.29) is 5.92 Å². The number of halogens is 2. The van der Waals surface area contributed by atoms with Crippen LogP contribution in [0.15, 0.2) is 78.9 Å². The Hall–Kier alpha value is -2.93. The molecule has 8 heteroatoms. The van der Waals surface area contributed by atoms with Crippen molar-refractivity contribution in [2.45, 2.75) is 18.9 Å². The third-order valence-electron chi connectivity index (χ3n) is 6.57. The Bertz CT molecular complexity index is 1180. The summed E-state index contributed by atoms with van der Waals surface area (Å²) in [5.41, 5.74) is 3.51. The van der Waals surface area contributed by atoms with Crippen molar-refractivity contribution in [2.24, 2.45) is 0 Å². The average molecular weight is 507 g/mol. The van der Waals surface area contributed by atoms with Crippen molar-refractivity contribution < 1.29 is 0 Å². The third kappa shape index (κ3) is 5.67. The van der Waals surface area contributed by atoms with Crippen LogP contribution in [0.4, 0.5) is 5.69 Å². The summed E-state index contributed by atoms with van der Waals surface area (Å²) in [5, 5.41) is 14.0. The maximum atomic E-state index is 6.20. The zero-order valence-corrected chi connectivity index (χ0v) is 21.0. The summed E-state index contributed by atoms with van der Waals surface area (Å²) in [7, 11) is 0. The average Bonchev–Trinajstić information content (AvgIpc) is 3.35. The summed E-state index contributed by atoms with van der Waals surface area (Å²) in [4.78, 5) is 4.87. The SMILES string of the molecule is Clc1ccc(N2CCN(CCCn3nnnc3C(c3ccccc3)c3ccccc3)CC2)cc1Cl. The van der Waals surface area contributed by atoms with Gasteiger partial charge in [0.05, 0.1) is 16.0 Å². The lowest BCUT2D eigenvalue weighted by atomic mass is 9.90. The molecule has 35 heavy (non-hydrogen) atoms. The molecule has 0 saturated carbocycles. The van der Waals surface area contributed by atoms with Gasteiger partial charge in [0.1, 0.15) is 0 Å². The highest BCUT2D eigenvalue weighted by atomic mass is 35.5. The zero-order valence-electron chi connectivity index (χ0n) is 19.5. The number of benzene rings is 3. The fourth-order valence-corrected chi connectivity index (χ4v) is 5.01. The van der Waals surface area contributed by atoms with Crippen LogP contribution >= 0.6 is 23.2 Å². The first-order chi connectivity index (χ1) is 17.2. The summed E-state index contributed by atoms with van der Waals surface area (Å²) in [6, 6.07) is 26.8. The number of nitrogens with zero attached hydrogens (tertiary/aromatic N) is 6. The molecule has 0 bridgehead atoms. The van der Waals surface area contributed by atoms with Crippen LogP contribution in [0.1, 0.15) is 29.3 Å². The van der Waals surface area contributed by atoms with Gasteiger partial charge in [-0.25, -0.2) is 4.68 Å². The van der Waals surface area contributed by atoms with Gasteiger partial charge >= 0.3 is 0 Å². The Morgan fingerprint density at radius 3 is 2.03 bits per heavy atom. The molecule has 180 valence electrons. The summed E-state index contributed by atoms with van der Waals surface area (Å²) in [6.07, 6.45) is 0.987. The summed E-state index contributed by atoms with van der Waals surface area (Å²) >= 11 is 12.3. The fourth-order valence-electron chi connectivity index (χ4n) is 4.71. The van der Waals surface area contributed by atoms with Crippen LogP contribution in [0, 0.1) is 0 Å². The van der Waals surface area contributed by atoms with Crippen LogP contribution < -0.4 is 4.90 Å². The largest absolute Gasteiger partial charge is 0.369 e. The lowest BCUT2D eigenvalue weighted by Gasteiger charge is -2.36. The molecular formula is C27H28Cl2N6. The first-order valence-electron chi connectivity index (χ1n) is 12.0. The highest BCUT2D eigenvalue weighted by Crippen LogP contribution is 2.30. The first kappa shape index (κ1) is 23.8. The van der Waals surface area contributed by atoms with E-state index in [0.717, 1.165) is 57.2 Å². The van der Waals surface area contributed by atoms with Crippen molar-refractivity contribution in [1.29, 1.82) is 0 Å². The number of aromatic nitrogens is 4. The predicted molar refractivity (Wildman–Crippen MR) is 141 cm³/mol. The van der Waals surface area contributed by atoms with Crippen LogP contribution in [0.25, 0.3) is 0 Å². The second-order valence-corrected chi connectivity index (χ2v) is 9.61. The van der Waals surface area contributed by atoms with E-state index in [1.807, 2.05) is 35.0 Å². The molecule has 0 spiro atoms. The van der Waals surface area contributed by atoms with Gasteiger partial charge in [-0.15, -0.1) is 5.10 Å². The topological polar surface area (TPSA) is 50.1 Å². The van der Waals surface area contributed by atoms with Gasteiger partial charge in [0, 0.05) is 45.0 Å². The Morgan fingerprint density at radius 1 is 0.743 bits per heavy atom. The van der Waals surface area contributed by atoms with E-state index < -0.39 is 0 Å². The molecule has 0 unspecified atom stereocenters. The summed E-state index contributed by atoms with van der Waals surface area (Å²) in [6.45, 7) is 5.76. The highest BCUT2D eigenvalue weighted by molar-refractivity contribution is 6.42. The minimum atomic E-state index is 0.00199. The second-order valence-electron chi connectivity index (χ2n) is 8.80. The number of tetrazole rings is 1. The van der Waals surface area contributed by atoms with Gasteiger partial charge in [0.15, 0.2) is 5.82 Å². The molecule has 0 atom stereocenters. The quantitative estimate of drug-likeness (QED) is 0.321. The Morgan fingerprint density at radius 2 is 1.40 bits per heavy atom. The maximum Gasteiger partial charge on any atom is 0.163 e. The van der Waals surface area contributed by atoms with E-state index in [1.54, 1.807) is 0 Å². The van der Waals surface area contributed by atoms with Crippen molar-refractivity contribution in [3.63, 3.8) is 0 Å². The molecule has 1 saturated heterocycles. The minimum absolute atomic E-state index is 0.00199. The van der Waals surface area contributed by atoms with Crippen molar-refractivity contribution >= 4 is 28.9 Å². The third-order valence-corrected chi connectivity index (χ3v) is 7.31. The van der Waals surface area contributed by atoms with Crippen LogP contribution in [0.3, 0.4) is 0 Å². The highest BCUT2D eigenvalue weighted by Gasteiger charge is 2.23. The number of hydrogen-bond acceptors (Lipinski definition) is 5. The van der Waals surface area contributed by atoms with Gasteiger partial charge in [-0.05, 0) is 46.2 Å². The van der Waals surface area contributed by atoms with Crippen LogP contribution in [-0.4, -0.2) is 57.8 Å². The molecular weight excluding hydrogens is 479 g/mol. The number of anilines is 1. The molecule has 5 rings (SSSR count).